The summed E-state index contributed by atoms with van der Waals surface area (Å²) >= 11 is 0. The molecule has 1 aliphatic heterocycles. The number of nitro groups is 1. The summed E-state index contributed by atoms with van der Waals surface area (Å²) in [5.41, 5.74) is 0.414. The van der Waals surface area contributed by atoms with Gasteiger partial charge in [0.05, 0.1) is 16.4 Å². The van der Waals surface area contributed by atoms with Gasteiger partial charge in [0.25, 0.3) is 5.69 Å². The van der Waals surface area contributed by atoms with Gasteiger partial charge in [-0.25, -0.2) is 8.42 Å². The highest BCUT2D eigenvalue weighted by Gasteiger charge is 2.29. The molecular formula is C14H12N4O5S. The summed E-state index contributed by atoms with van der Waals surface area (Å²) in [6.45, 7) is 0. The molecule has 1 fully saturated rings. The molecule has 0 unspecified atom stereocenters. The second-order valence-electron chi connectivity index (χ2n) is 5.36. The van der Waals surface area contributed by atoms with E-state index in [2.05, 4.69) is 10.3 Å². The number of aromatic nitrogens is 1. The normalized spacial score (nSPS) is 18.9. The number of hydrogen-bond acceptors (Lipinski definition) is 8. The zero-order chi connectivity index (χ0) is 17.3. The van der Waals surface area contributed by atoms with Gasteiger partial charge in [0.15, 0.2) is 9.84 Å². The molecule has 1 aliphatic rings. The molecule has 0 bridgehead atoms. The van der Waals surface area contributed by atoms with Crippen LogP contribution in [0.4, 0.5) is 11.6 Å². The van der Waals surface area contributed by atoms with Crippen molar-refractivity contribution < 1.29 is 17.8 Å². The minimum absolute atomic E-state index is 0.00708. The van der Waals surface area contributed by atoms with E-state index in [1.807, 2.05) is 6.07 Å². The molecule has 0 amide bonds. The van der Waals surface area contributed by atoms with Crippen molar-refractivity contribution >= 4 is 21.4 Å². The largest absolute Gasteiger partial charge is 0.419 e. The lowest BCUT2D eigenvalue weighted by molar-refractivity contribution is -0.384. The fraction of sp³-hybridized carbons (Fsp3) is 0.286. The average molecular weight is 348 g/mol. The standard InChI is InChI=1S/C14H12N4O5S/c15-7-12-14(16-10-5-6-24(21,22)8-10)23-13(17-12)9-1-3-11(4-2-9)18(19)20/h1-4,10,16H,5-6,8H2/t10-/m1/s1. The number of nitro benzene ring substituents is 1. The second-order valence-corrected chi connectivity index (χ2v) is 7.59. The van der Waals surface area contributed by atoms with Crippen LogP contribution >= 0.6 is 0 Å². The molecular weight excluding hydrogens is 336 g/mol. The number of nitriles is 1. The van der Waals surface area contributed by atoms with Crippen LogP contribution in [0.2, 0.25) is 0 Å². The van der Waals surface area contributed by atoms with Crippen LogP contribution in [0.3, 0.4) is 0 Å². The number of anilines is 1. The molecule has 1 aromatic carbocycles. The molecule has 9 nitrogen and oxygen atoms in total. The van der Waals surface area contributed by atoms with Gasteiger partial charge in [-0.15, -0.1) is 0 Å². The van der Waals surface area contributed by atoms with Gasteiger partial charge in [-0.2, -0.15) is 10.2 Å². The van der Waals surface area contributed by atoms with Crippen LogP contribution < -0.4 is 5.32 Å². The number of non-ortho nitro benzene ring substituents is 1. The van der Waals surface area contributed by atoms with Crippen molar-refractivity contribution in [2.24, 2.45) is 0 Å². The van der Waals surface area contributed by atoms with Crippen molar-refractivity contribution in [3.05, 3.63) is 40.1 Å². The number of nitrogens with one attached hydrogen (secondary N) is 1. The summed E-state index contributed by atoms with van der Waals surface area (Å²) in [6, 6.07) is 7.10. The Kier molecular flexibility index (Phi) is 3.94. The van der Waals surface area contributed by atoms with E-state index in [-0.39, 0.29) is 40.7 Å². The molecule has 1 saturated heterocycles. The van der Waals surface area contributed by atoms with Crippen LogP contribution in [0.25, 0.3) is 11.5 Å². The molecule has 10 heteroatoms. The number of nitrogens with zero attached hydrogens (tertiary/aromatic N) is 3. The molecule has 3 rings (SSSR count). The van der Waals surface area contributed by atoms with Crippen LogP contribution in [0.15, 0.2) is 28.7 Å². The summed E-state index contributed by atoms with van der Waals surface area (Å²) in [5.74, 6) is 0.305. The maximum absolute atomic E-state index is 11.5. The Labute approximate surface area is 137 Å². The number of sulfone groups is 1. The quantitative estimate of drug-likeness (QED) is 0.650. The minimum atomic E-state index is -3.06. The van der Waals surface area contributed by atoms with Gasteiger partial charge in [0.2, 0.25) is 17.5 Å². The van der Waals surface area contributed by atoms with Crippen molar-refractivity contribution in [2.45, 2.75) is 12.5 Å². The van der Waals surface area contributed by atoms with Crippen molar-refractivity contribution in [1.82, 2.24) is 4.98 Å². The number of oxazole rings is 1. The fourth-order valence-electron chi connectivity index (χ4n) is 2.44. The van der Waals surface area contributed by atoms with E-state index in [1.165, 1.54) is 24.3 Å². The summed E-state index contributed by atoms with van der Waals surface area (Å²) < 4.78 is 28.5. The van der Waals surface area contributed by atoms with E-state index in [0.29, 0.717) is 12.0 Å². The highest BCUT2D eigenvalue weighted by Crippen LogP contribution is 2.28. The Morgan fingerprint density at radius 1 is 1.38 bits per heavy atom. The topological polar surface area (TPSA) is 139 Å². The third kappa shape index (κ3) is 3.21. The maximum Gasteiger partial charge on any atom is 0.269 e. The van der Waals surface area contributed by atoms with Gasteiger partial charge < -0.3 is 9.73 Å². The van der Waals surface area contributed by atoms with Gasteiger partial charge in [0, 0.05) is 23.7 Å². The van der Waals surface area contributed by atoms with Gasteiger partial charge in [-0.1, -0.05) is 0 Å². The first-order valence-corrected chi connectivity index (χ1v) is 8.83. The molecule has 2 heterocycles. The lowest BCUT2D eigenvalue weighted by Crippen LogP contribution is -2.20. The molecule has 24 heavy (non-hydrogen) atoms. The Bertz CT molecular complexity index is 927. The summed E-state index contributed by atoms with van der Waals surface area (Å²) in [5, 5.41) is 22.7. The first-order valence-electron chi connectivity index (χ1n) is 7.01. The smallest absolute Gasteiger partial charge is 0.269 e. The third-order valence-electron chi connectivity index (χ3n) is 3.63. The van der Waals surface area contributed by atoms with E-state index < -0.39 is 14.8 Å². The minimum Gasteiger partial charge on any atom is -0.419 e. The Morgan fingerprint density at radius 2 is 2.08 bits per heavy atom. The Hall–Kier alpha value is -2.93. The molecule has 2 aromatic rings. The zero-order valence-corrected chi connectivity index (χ0v) is 13.1. The molecule has 124 valence electrons. The molecule has 0 spiro atoms. The predicted molar refractivity (Wildman–Crippen MR) is 84.0 cm³/mol. The monoisotopic (exact) mass is 348 g/mol. The highest BCUT2D eigenvalue weighted by molar-refractivity contribution is 7.91. The second kappa shape index (κ2) is 5.93. The van der Waals surface area contributed by atoms with Gasteiger partial charge in [-0.3, -0.25) is 10.1 Å². The van der Waals surface area contributed by atoms with Crippen LogP contribution in [-0.4, -0.2) is 35.9 Å². The SMILES string of the molecule is N#Cc1nc(-c2ccc([N+](=O)[O-])cc2)oc1N[C@@H]1CCS(=O)(=O)C1. The van der Waals surface area contributed by atoms with Crippen LogP contribution in [-0.2, 0) is 9.84 Å². The van der Waals surface area contributed by atoms with E-state index >= 15 is 0 Å². The fourth-order valence-corrected chi connectivity index (χ4v) is 4.11. The lowest BCUT2D eigenvalue weighted by Gasteiger charge is -2.08. The summed E-state index contributed by atoms with van der Waals surface area (Å²) in [4.78, 5) is 14.2. The summed E-state index contributed by atoms with van der Waals surface area (Å²) in [7, 11) is -3.06. The first-order chi connectivity index (χ1) is 11.4. The molecule has 0 aliphatic carbocycles. The van der Waals surface area contributed by atoms with E-state index in [4.69, 9.17) is 9.68 Å². The third-order valence-corrected chi connectivity index (χ3v) is 5.39. The van der Waals surface area contributed by atoms with Gasteiger partial charge >= 0.3 is 0 Å². The van der Waals surface area contributed by atoms with E-state index in [9.17, 15) is 18.5 Å². The molecule has 0 radical (unpaired) electrons. The van der Waals surface area contributed by atoms with Crippen molar-refractivity contribution in [3.8, 4) is 17.5 Å². The van der Waals surface area contributed by atoms with Gasteiger partial charge in [-0.05, 0) is 18.6 Å². The highest BCUT2D eigenvalue weighted by atomic mass is 32.2. The molecule has 1 aromatic heterocycles. The molecule has 1 N–H and O–H groups in total. The molecule has 0 saturated carbocycles. The maximum atomic E-state index is 11.5. The summed E-state index contributed by atoms with van der Waals surface area (Å²) in [6.07, 6.45) is 0.431. The number of hydrogen-bond donors (Lipinski definition) is 1. The average Bonchev–Trinajstić information content (AvgIpc) is 3.10. The Balaban J connectivity index is 1.85. The van der Waals surface area contributed by atoms with Crippen LogP contribution in [0, 0.1) is 21.4 Å². The predicted octanol–water partition coefficient (Wildman–Crippen LogP) is 1.72. The zero-order valence-electron chi connectivity index (χ0n) is 12.3. The molecule has 1 atom stereocenters. The number of benzene rings is 1. The Morgan fingerprint density at radius 3 is 2.62 bits per heavy atom. The van der Waals surface area contributed by atoms with Crippen LogP contribution in [0.5, 0.6) is 0 Å². The van der Waals surface area contributed by atoms with E-state index in [0.717, 1.165) is 0 Å². The van der Waals surface area contributed by atoms with Crippen molar-refractivity contribution in [1.29, 1.82) is 5.26 Å². The van der Waals surface area contributed by atoms with E-state index in [1.54, 1.807) is 0 Å². The number of rotatable bonds is 4. The first kappa shape index (κ1) is 15.9. The lowest BCUT2D eigenvalue weighted by atomic mass is 10.2. The van der Waals surface area contributed by atoms with Crippen LogP contribution in [0.1, 0.15) is 12.1 Å². The van der Waals surface area contributed by atoms with Crippen molar-refractivity contribution in [2.75, 3.05) is 16.8 Å². The van der Waals surface area contributed by atoms with Gasteiger partial charge in [0.1, 0.15) is 6.07 Å². The van der Waals surface area contributed by atoms with Crippen molar-refractivity contribution in [3.63, 3.8) is 0 Å².